The zero-order valence-corrected chi connectivity index (χ0v) is 13.1. The minimum atomic E-state index is 0.200. The summed E-state index contributed by atoms with van der Waals surface area (Å²) >= 11 is 6.00. The lowest BCUT2D eigenvalue weighted by molar-refractivity contribution is 0.490. The first-order valence-electron chi connectivity index (χ1n) is 7.49. The average molecular weight is 301 g/mol. The first-order chi connectivity index (χ1) is 10.2. The van der Waals surface area contributed by atoms with Crippen molar-refractivity contribution in [2.24, 2.45) is 11.7 Å². The predicted molar refractivity (Wildman–Crippen MR) is 89.9 cm³/mol. The largest absolute Gasteiger partial charge is 0.363 e. The average Bonchev–Trinajstić information content (AvgIpc) is 2.49. The van der Waals surface area contributed by atoms with Crippen LogP contribution in [-0.2, 0) is 6.42 Å². The van der Waals surface area contributed by atoms with Crippen LogP contribution in [0.3, 0.4) is 0 Å². The molecule has 3 heteroatoms. The summed E-state index contributed by atoms with van der Waals surface area (Å²) in [4.78, 5) is 2.45. The molecule has 21 heavy (non-hydrogen) atoms. The van der Waals surface area contributed by atoms with Crippen LogP contribution in [0.5, 0.6) is 0 Å². The van der Waals surface area contributed by atoms with Crippen molar-refractivity contribution in [1.29, 1.82) is 0 Å². The van der Waals surface area contributed by atoms with Gasteiger partial charge in [-0.1, -0.05) is 48.9 Å². The summed E-state index contributed by atoms with van der Waals surface area (Å²) in [6, 6.07) is 16.9. The molecule has 3 rings (SSSR count). The van der Waals surface area contributed by atoms with Crippen LogP contribution in [0, 0.1) is 5.92 Å². The fourth-order valence-electron chi connectivity index (χ4n) is 3.26. The van der Waals surface area contributed by atoms with Crippen molar-refractivity contribution in [1.82, 2.24) is 0 Å². The standard InChI is InChI=1S/C18H21ClN2/c1-13-10-15-4-2-3-5-17(15)21(12-13)18(11-20)14-6-8-16(19)9-7-14/h2-9,13,18H,10-12,20H2,1H3. The first kappa shape index (κ1) is 14.4. The highest BCUT2D eigenvalue weighted by molar-refractivity contribution is 6.30. The quantitative estimate of drug-likeness (QED) is 0.927. The SMILES string of the molecule is CC1Cc2ccccc2N(C(CN)c2ccc(Cl)cc2)C1. The molecule has 0 fully saturated rings. The van der Waals surface area contributed by atoms with E-state index in [2.05, 4.69) is 48.2 Å². The number of hydrogen-bond acceptors (Lipinski definition) is 2. The molecule has 0 aromatic heterocycles. The number of halogens is 1. The first-order valence-corrected chi connectivity index (χ1v) is 7.87. The van der Waals surface area contributed by atoms with Gasteiger partial charge in [-0.25, -0.2) is 0 Å². The number of fused-ring (bicyclic) bond motifs is 1. The minimum Gasteiger partial charge on any atom is -0.363 e. The molecular weight excluding hydrogens is 280 g/mol. The van der Waals surface area contributed by atoms with Gasteiger partial charge in [0.1, 0.15) is 0 Å². The molecule has 0 bridgehead atoms. The maximum absolute atomic E-state index is 6.10. The molecule has 0 saturated heterocycles. The van der Waals surface area contributed by atoms with Gasteiger partial charge in [-0.15, -0.1) is 0 Å². The van der Waals surface area contributed by atoms with Crippen molar-refractivity contribution in [3.63, 3.8) is 0 Å². The molecule has 1 heterocycles. The number of anilines is 1. The molecule has 0 amide bonds. The van der Waals surface area contributed by atoms with Gasteiger partial charge in [0.2, 0.25) is 0 Å². The Labute approximate surface area is 131 Å². The molecule has 2 atom stereocenters. The summed E-state index contributed by atoms with van der Waals surface area (Å²) in [5.41, 5.74) is 10.1. The second-order valence-corrected chi connectivity index (χ2v) is 6.33. The monoisotopic (exact) mass is 300 g/mol. The Kier molecular flexibility index (Phi) is 4.18. The van der Waals surface area contributed by atoms with Gasteiger partial charge in [0.25, 0.3) is 0 Å². The summed E-state index contributed by atoms with van der Waals surface area (Å²) in [5, 5.41) is 0.766. The van der Waals surface area contributed by atoms with E-state index >= 15 is 0 Å². The van der Waals surface area contributed by atoms with E-state index in [1.165, 1.54) is 16.8 Å². The van der Waals surface area contributed by atoms with Gasteiger partial charge >= 0.3 is 0 Å². The highest BCUT2D eigenvalue weighted by Gasteiger charge is 2.27. The Morgan fingerprint density at radius 2 is 1.90 bits per heavy atom. The molecule has 110 valence electrons. The predicted octanol–water partition coefficient (Wildman–Crippen LogP) is 4.04. The van der Waals surface area contributed by atoms with Crippen LogP contribution in [0.4, 0.5) is 5.69 Å². The van der Waals surface area contributed by atoms with Crippen LogP contribution >= 0.6 is 11.6 Å². The van der Waals surface area contributed by atoms with Gasteiger partial charge in [0, 0.05) is 23.8 Å². The third kappa shape index (κ3) is 2.92. The van der Waals surface area contributed by atoms with Crippen molar-refractivity contribution in [2.75, 3.05) is 18.0 Å². The number of rotatable bonds is 3. The Morgan fingerprint density at radius 3 is 2.62 bits per heavy atom. The highest BCUT2D eigenvalue weighted by atomic mass is 35.5. The molecule has 0 aliphatic carbocycles. The van der Waals surface area contributed by atoms with E-state index in [-0.39, 0.29) is 6.04 Å². The minimum absolute atomic E-state index is 0.200. The molecular formula is C18H21ClN2. The van der Waals surface area contributed by atoms with Crippen LogP contribution in [0.2, 0.25) is 5.02 Å². The van der Waals surface area contributed by atoms with Crippen LogP contribution in [0.15, 0.2) is 48.5 Å². The molecule has 0 radical (unpaired) electrons. The van der Waals surface area contributed by atoms with Gasteiger partial charge in [0.15, 0.2) is 0 Å². The van der Waals surface area contributed by atoms with E-state index in [4.69, 9.17) is 17.3 Å². The summed E-state index contributed by atoms with van der Waals surface area (Å²) in [7, 11) is 0. The lowest BCUT2D eigenvalue weighted by Gasteiger charge is -2.40. The van der Waals surface area contributed by atoms with E-state index in [0.717, 1.165) is 18.0 Å². The van der Waals surface area contributed by atoms with Gasteiger partial charge in [-0.2, -0.15) is 0 Å². The highest BCUT2D eigenvalue weighted by Crippen LogP contribution is 2.35. The summed E-state index contributed by atoms with van der Waals surface area (Å²) in [6.07, 6.45) is 1.14. The number of hydrogen-bond donors (Lipinski definition) is 1. The molecule has 2 nitrogen and oxygen atoms in total. The number of nitrogens with two attached hydrogens (primary N) is 1. The molecule has 2 N–H and O–H groups in total. The van der Waals surface area contributed by atoms with Gasteiger partial charge in [-0.3, -0.25) is 0 Å². The van der Waals surface area contributed by atoms with E-state index in [1.54, 1.807) is 0 Å². The van der Waals surface area contributed by atoms with Gasteiger partial charge in [-0.05, 0) is 41.7 Å². The number of para-hydroxylation sites is 1. The third-order valence-electron chi connectivity index (χ3n) is 4.23. The smallest absolute Gasteiger partial charge is 0.0665 e. The van der Waals surface area contributed by atoms with Crippen molar-refractivity contribution in [2.45, 2.75) is 19.4 Å². The van der Waals surface area contributed by atoms with E-state index in [1.807, 2.05) is 12.1 Å². The Bertz CT molecular complexity index is 609. The molecule has 1 aliphatic heterocycles. The maximum Gasteiger partial charge on any atom is 0.0665 e. The number of nitrogens with zero attached hydrogens (tertiary/aromatic N) is 1. The fourth-order valence-corrected chi connectivity index (χ4v) is 3.39. The van der Waals surface area contributed by atoms with E-state index in [9.17, 15) is 0 Å². The zero-order valence-electron chi connectivity index (χ0n) is 12.3. The molecule has 1 aliphatic rings. The van der Waals surface area contributed by atoms with Crippen LogP contribution in [-0.4, -0.2) is 13.1 Å². The molecule has 0 spiro atoms. The molecule has 2 unspecified atom stereocenters. The van der Waals surface area contributed by atoms with E-state index < -0.39 is 0 Å². The Balaban J connectivity index is 1.99. The second-order valence-electron chi connectivity index (χ2n) is 5.89. The summed E-state index contributed by atoms with van der Waals surface area (Å²) in [5.74, 6) is 0.640. The van der Waals surface area contributed by atoms with Crippen LogP contribution in [0.25, 0.3) is 0 Å². The summed E-state index contributed by atoms with van der Waals surface area (Å²) in [6.45, 7) is 3.95. The van der Waals surface area contributed by atoms with Gasteiger partial charge in [0.05, 0.1) is 6.04 Å². The van der Waals surface area contributed by atoms with Crippen LogP contribution < -0.4 is 10.6 Å². The summed E-state index contributed by atoms with van der Waals surface area (Å²) < 4.78 is 0. The third-order valence-corrected chi connectivity index (χ3v) is 4.48. The zero-order chi connectivity index (χ0) is 14.8. The van der Waals surface area contributed by atoms with E-state index in [0.29, 0.717) is 12.5 Å². The Morgan fingerprint density at radius 1 is 1.19 bits per heavy atom. The van der Waals surface area contributed by atoms with Crippen molar-refractivity contribution in [3.05, 3.63) is 64.7 Å². The van der Waals surface area contributed by atoms with Gasteiger partial charge < -0.3 is 10.6 Å². The van der Waals surface area contributed by atoms with Crippen molar-refractivity contribution in [3.8, 4) is 0 Å². The van der Waals surface area contributed by atoms with Crippen molar-refractivity contribution < 1.29 is 0 Å². The normalized spacial score (nSPS) is 19.2. The maximum atomic E-state index is 6.10. The molecule has 0 saturated carbocycles. The lowest BCUT2D eigenvalue weighted by Crippen LogP contribution is -2.40. The van der Waals surface area contributed by atoms with Crippen LogP contribution in [0.1, 0.15) is 24.1 Å². The second kappa shape index (κ2) is 6.08. The Hall–Kier alpha value is -1.51. The topological polar surface area (TPSA) is 29.3 Å². The lowest BCUT2D eigenvalue weighted by atomic mass is 9.91. The fraction of sp³-hybridized carbons (Fsp3) is 0.333. The number of benzene rings is 2. The molecule has 2 aromatic rings. The molecule has 2 aromatic carbocycles. The van der Waals surface area contributed by atoms with Crippen molar-refractivity contribution >= 4 is 17.3 Å².